The molecule has 1 heterocycles. The third-order valence-electron chi connectivity index (χ3n) is 7.66. The molecule has 7 heteroatoms. The van der Waals surface area contributed by atoms with E-state index in [1.54, 1.807) is 0 Å². The molecule has 0 unspecified atom stereocenters. The summed E-state index contributed by atoms with van der Waals surface area (Å²) in [6.07, 6.45) is 14.0. The molecule has 1 aromatic rings. The van der Waals surface area contributed by atoms with Gasteiger partial charge >= 0.3 is 5.97 Å². The Labute approximate surface area is 186 Å². The Bertz CT molecular complexity index is 930. The SMILES string of the molecule is O=C(NC1CCCCC1)c1c(NC(=O)[C@H]2[C@@H](C(=O)O)[C@H]3C=C[C@@H]2CC3)sc2c1CCC2. The molecule has 0 saturated heterocycles. The maximum atomic E-state index is 13.3. The van der Waals surface area contributed by atoms with Crippen LogP contribution in [-0.2, 0) is 22.4 Å². The average Bonchev–Trinajstić information content (AvgIpc) is 3.35. The van der Waals surface area contributed by atoms with Crippen molar-refractivity contribution in [2.75, 3.05) is 5.32 Å². The quantitative estimate of drug-likeness (QED) is 0.597. The van der Waals surface area contributed by atoms with E-state index in [2.05, 4.69) is 10.6 Å². The van der Waals surface area contributed by atoms with Gasteiger partial charge in [-0.25, -0.2) is 0 Å². The molecule has 2 bridgehead atoms. The van der Waals surface area contributed by atoms with Crippen molar-refractivity contribution in [1.29, 1.82) is 0 Å². The molecule has 0 radical (unpaired) electrons. The van der Waals surface area contributed by atoms with Crippen molar-refractivity contribution in [3.05, 3.63) is 28.2 Å². The number of thiophene rings is 1. The van der Waals surface area contributed by atoms with E-state index < -0.39 is 17.8 Å². The molecule has 6 nitrogen and oxygen atoms in total. The van der Waals surface area contributed by atoms with Gasteiger partial charge in [-0.3, -0.25) is 14.4 Å². The Morgan fingerprint density at radius 2 is 1.61 bits per heavy atom. The van der Waals surface area contributed by atoms with Crippen LogP contribution in [0.2, 0.25) is 0 Å². The second-order valence-corrected chi connectivity index (χ2v) is 10.6. The number of carboxylic acid groups (broad SMARTS) is 1. The highest BCUT2D eigenvalue weighted by Crippen LogP contribution is 2.46. The summed E-state index contributed by atoms with van der Waals surface area (Å²) in [6, 6.07) is 0.206. The standard InChI is InChI=1S/C24H30N2O4S/c27-21(18-13-9-11-14(12-10-13)19(18)24(29)30)26-23-20(16-7-4-8-17(16)31-23)22(28)25-15-5-2-1-3-6-15/h9,11,13-15,18-19H,1-8,10,12H2,(H,25,28)(H,26,27)(H,29,30)/t13-,14+,18-,19+/m1/s1. The maximum Gasteiger partial charge on any atom is 0.307 e. The molecule has 5 aliphatic rings. The van der Waals surface area contributed by atoms with Crippen molar-refractivity contribution in [2.45, 2.75) is 70.3 Å². The van der Waals surface area contributed by atoms with E-state index in [1.165, 1.54) is 22.6 Å². The van der Waals surface area contributed by atoms with E-state index >= 15 is 0 Å². The minimum absolute atomic E-state index is 0.0441. The Morgan fingerprint density at radius 3 is 2.29 bits per heavy atom. The van der Waals surface area contributed by atoms with Crippen LogP contribution in [0.25, 0.3) is 0 Å². The van der Waals surface area contributed by atoms with Gasteiger partial charge in [-0.15, -0.1) is 11.3 Å². The lowest BCUT2D eigenvalue weighted by Crippen LogP contribution is -2.47. The third-order valence-corrected chi connectivity index (χ3v) is 8.87. The fourth-order valence-electron chi connectivity index (χ4n) is 6.12. The summed E-state index contributed by atoms with van der Waals surface area (Å²) in [4.78, 5) is 39.7. The summed E-state index contributed by atoms with van der Waals surface area (Å²) in [5.41, 5.74) is 1.70. The predicted molar refractivity (Wildman–Crippen MR) is 119 cm³/mol. The molecular weight excluding hydrogens is 412 g/mol. The van der Waals surface area contributed by atoms with E-state index in [1.807, 2.05) is 12.2 Å². The van der Waals surface area contributed by atoms with Crippen LogP contribution >= 0.6 is 11.3 Å². The maximum absolute atomic E-state index is 13.3. The Morgan fingerprint density at radius 1 is 0.903 bits per heavy atom. The molecule has 0 aliphatic heterocycles. The van der Waals surface area contributed by atoms with Gasteiger partial charge < -0.3 is 15.7 Å². The number of hydrogen-bond acceptors (Lipinski definition) is 4. The van der Waals surface area contributed by atoms with Crippen LogP contribution in [0, 0.1) is 23.7 Å². The van der Waals surface area contributed by atoms with Gasteiger partial charge in [-0.05, 0) is 62.3 Å². The first-order valence-electron chi connectivity index (χ1n) is 11.7. The van der Waals surface area contributed by atoms with Gasteiger partial charge in [-0.2, -0.15) is 0 Å². The van der Waals surface area contributed by atoms with Crippen molar-refractivity contribution in [2.24, 2.45) is 23.7 Å². The molecule has 2 saturated carbocycles. The van der Waals surface area contributed by atoms with Gasteiger partial charge in [0.15, 0.2) is 0 Å². The molecule has 0 aromatic carbocycles. The van der Waals surface area contributed by atoms with E-state index in [0.29, 0.717) is 10.6 Å². The lowest BCUT2D eigenvalue weighted by atomic mass is 9.62. The molecule has 2 amide bonds. The van der Waals surface area contributed by atoms with Crippen LogP contribution in [0.3, 0.4) is 0 Å². The van der Waals surface area contributed by atoms with E-state index in [4.69, 9.17) is 0 Å². The summed E-state index contributed by atoms with van der Waals surface area (Å²) in [7, 11) is 0. The number of allylic oxidation sites excluding steroid dienone is 2. The van der Waals surface area contributed by atoms with E-state index in [0.717, 1.165) is 63.4 Å². The summed E-state index contributed by atoms with van der Waals surface area (Å²) in [6.45, 7) is 0. The van der Waals surface area contributed by atoms with E-state index in [9.17, 15) is 19.5 Å². The van der Waals surface area contributed by atoms with Crippen LogP contribution < -0.4 is 10.6 Å². The summed E-state index contributed by atoms with van der Waals surface area (Å²) >= 11 is 1.50. The zero-order chi connectivity index (χ0) is 21.5. The van der Waals surface area contributed by atoms with Crippen LogP contribution in [0.4, 0.5) is 5.00 Å². The number of fused-ring (bicyclic) bond motifs is 3. The van der Waals surface area contributed by atoms with Crippen LogP contribution in [-0.4, -0.2) is 28.9 Å². The highest BCUT2D eigenvalue weighted by atomic mass is 32.1. The second-order valence-electron chi connectivity index (χ2n) is 9.54. The normalized spacial score (nSPS) is 29.5. The van der Waals surface area contributed by atoms with Crippen molar-refractivity contribution in [3.8, 4) is 0 Å². The van der Waals surface area contributed by atoms with Gasteiger partial charge in [-0.1, -0.05) is 31.4 Å². The number of carbonyl (C=O) groups is 3. The smallest absolute Gasteiger partial charge is 0.307 e. The highest BCUT2D eigenvalue weighted by Gasteiger charge is 2.48. The summed E-state index contributed by atoms with van der Waals surface area (Å²) in [5, 5.41) is 16.6. The zero-order valence-electron chi connectivity index (χ0n) is 17.7. The minimum Gasteiger partial charge on any atom is -0.481 e. The lowest BCUT2D eigenvalue weighted by molar-refractivity contribution is -0.151. The van der Waals surface area contributed by atoms with Crippen molar-refractivity contribution in [1.82, 2.24) is 5.32 Å². The fourth-order valence-corrected chi connectivity index (χ4v) is 7.41. The molecule has 166 valence electrons. The number of carbonyl (C=O) groups excluding carboxylic acids is 2. The van der Waals surface area contributed by atoms with Crippen LogP contribution in [0.5, 0.6) is 0 Å². The Hall–Kier alpha value is -2.15. The highest BCUT2D eigenvalue weighted by molar-refractivity contribution is 7.17. The summed E-state index contributed by atoms with van der Waals surface area (Å²) < 4.78 is 0. The first-order chi connectivity index (χ1) is 15.0. The number of anilines is 1. The fraction of sp³-hybridized carbons (Fsp3) is 0.625. The molecule has 5 aliphatic carbocycles. The Kier molecular flexibility index (Phi) is 5.63. The molecule has 31 heavy (non-hydrogen) atoms. The van der Waals surface area contributed by atoms with Gasteiger partial charge in [0, 0.05) is 10.9 Å². The number of hydrogen-bond donors (Lipinski definition) is 3. The van der Waals surface area contributed by atoms with Gasteiger partial charge in [0.05, 0.1) is 17.4 Å². The van der Waals surface area contributed by atoms with Gasteiger partial charge in [0.2, 0.25) is 5.91 Å². The molecule has 0 spiro atoms. The van der Waals surface area contributed by atoms with Crippen LogP contribution in [0.15, 0.2) is 12.2 Å². The van der Waals surface area contributed by atoms with Crippen LogP contribution in [0.1, 0.15) is 72.2 Å². The average molecular weight is 443 g/mol. The number of carboxylic acids is 1. The number of nitrogens with one attached hydrogen (secondary N) is 2. The number of aryl methyl sites for hydroxylation is 1. The monoisotopic (exact) mass is 442 g/mol. The Balaban J connectivity index is 1.39. The third kappa shape index (κ3) is 3.81. The molecule has 2 fully saturated rings. The topological polar surface area (TPSA) is 95.5 Å². The van der Waals surface area contributed by atoms with E-state index in [-0.39, 0.29) is 29.7 Å². The van der Waals surface area contributed by atoms with Crippen molar-refractivity contribution >= 4 is 34.1 Å². The molecule has 6 rings (SSSR count). The van der Waals surface area contributed by atoms with Gasteiger partial charge in [0.1, 0.15) is 5.00 Å². The molecule has 1 aromatic heterocycles. The number of aliphatic carboxylic acids is 1. The first-order valence-corrected chi connectivity index (χ1v) is 12.5. The first kappa shape index (κ1) is 20.7. The zero-order valence-corrected chi connectivity index (χ0v) is 18.5. The lowest BCUT2D eigenvalue weighted by Gasteiger charge is -2.41. The summed E-state index contributed by atoms with van der Waals surface area (Å²) in [5.74, 6) is -2.62. The second kappa shape index (κ2) is 8.41. The predicted octanol–water partition coefficient (Wildman–Crippen LogP) is 4.15. The molecule has 3 N–H and O–H groups in total. The largest absolute Gasteiger partial charge is 0.481 e. The number of amides is 2. The van der Waals surface area contributed by atoms with Gasteiger partial charge in [0.25, 0.3) is 5.91 Å². The number of rotatable bonds is 5. The van der Waals surface area contributed by atoms with Crippen molar-refractivity contribution in [3.63, 3.8) is 0 Å². The minimum atomic E-state index is -0.900. The molecular formula is C24H30N2O4S. The van der Waals surface area contributed by atoms with Crippen molar-refractivity contribution < 1.29 is 19.5 Å². The molecule has 4 atom stereocenters.